The van der Waals surface area contributed by atoms with Crippen LogP contribution in [0.2, 0.25) is 5.02 Å². The Kier molecular flexibility index (Phi) is 6.45. The second kappa shape index (κ2) is 8.36. The summed E-state index contributed by atoms with van der Waals surface area (Å²) in [6.45, 7) is 1.99. The molecule has 0 heterocycles. The molecule has 0 aliphatic rings. The van der Waals surface area contributed by atoms with Crippen molar-refractivity contribution in [1.82, 2.24) is 5.32 Å². The molecule has 2 aromatic rings. The summed E-state index contributed by atoms with van der Waals surface area (Å²) in [5.41, 5.74) is 1.51. The van der Waals surface area contributed by atoms with Gasteiger partial charge in [-0.3, -0.25) is 9.10 Å². The molecule has 0 aliphatic carbocycles. The Labute approximate surface area is 153 Å². The summed E-state index contributed by atoms with van der Waals surface area (Å²) in [5, 5.41) is 3.45. The third kappa shape index (κ3) is 5.47. The van der Waals surface area contributed by atoms with Crippen LogP contribution in [0.3, 0.4) is 0 Å². The van der Waals surface area contributed by atoms with E-state index in [9.17, 15) is 13.2 Å². The van der Waals surface area contributed by atoms with Gasteiger partial charge in [0.2, 0.25) is 15.9 Å². The molecule has 134 valence electrons. The SMILES string of the molecule is C[C@@H](C(=O)NCCc1ccc(Cl)cc1)N(c1ccccc1)S(C)(=O)=O. The summed E-state index contributed by atoms with van der Waals surface area (Å²) in [6.07, 6.45) is 1.73. The van der Waals surface area contributed by atoms with E-state index in [1.165, 1.54) is 0 Å². The minimum atomic E-state index is -3.59. The topological polar surface area (TPSA) is 66.5 Å². The van der Waals surface area contributed by atoms with Crippen molar-refractivity contribution >= 4 is 33.2 Å². The average molecular weight is 381 g/mol. The highest BCUT2D eigenvalue weighted by atomic mass is 35.5. The fourth-order valence-corrected chi connectivity index (χ4v) is 3.81. The molecule has 25 heavy (non-hydrogen) atoms. The molecule has 2 rings (SSSR count). The number of halogens is 1. The van der Waals surface area contributed by atoms with E-state index in [1.807, 2.05) is 12.1 Å². The number of sulfonamides is 1. The Bertz CT molecular complexity index is 808. The molecule has 0 aliphatic heterocycles. The Morgan fingerprint density at radius 2 is 1.72 bits per heavy atom. The molecule has 2 aromatic carbocycles. The number of amides is 1. The number of rotatable bonds is 7. The number of carbonyl (C=O) groups is 1. The average Bonchev–Trinajstić information content (AvgIpc) is 2.56. The second-order valence-electron chi connectivity index (χ2n) is 5.74. The quantitative estimate of drug-likeness (QED) is 0.803. The van der Waals surface area contributed by atoms with E-state index in [1.54, 1.807) is 49.4 Å². The van der Waals surface area contributed by atoms with Crippen molar-refractivity contribution < 1.29 is 13.2 Å². The number of nitrogens with zero attached hydrogens (tertiary/aromatic N) is 1. The van der Waals surface area contributed by atoms with Crippen molar-refractivity contribution in [3.63, 3.8) is 0 Å². The van der Waals surface area contributed by atoms with E-state index in [0.717, 1.165) is 16.1 Å². The van der Waals surface area contributed by atoms with Gasteiger partial charge in [-0.15, -0.1) is 0 Å². The number of anilines is 1. The summed E-state index contributed by atoms with van der Waals surface area (Å²) < 4.78 is 25.4. The van der Waals surface area contributed by atoms with Gasteiger partial charge in [0.05, 0.1) is 11.9 Å². The fraction of sp³-hybridized carbons (Fsp3) is 0.278. The van der Waals surface area contributed by atoms with E-state index in [0.29, 0.717) is 23.7 Å². The first kappa shape index (κ1) is 19.3. The molecule has 1 amide bonds. The molecule has 0 unspecified atom stereocenters. The van der Waals surface area contributed by atoms with E-state index < -0.39 is 16.1 Å². The second-order valence-corrected chi connectivity index (χ2v) is 8.03. The van der Waals surface area contributed by atoms with Crippen LogP contribution in [0, 0.1) is 0 Å². The minimum Gasteiger partial charge on any atom is -0.354 e. The van der Waals surface area contributed by atoms with Crippen LogP contribution in [-0.2, 0) is 21.2 Å². The molecule has 0 aromatic heterocycles. The highest BCUT2D eigenvalue weighted by molar-refractivity contribution is 7.92. The van der Waals surface area contributed by atoms with Crippen LogP contribution >= 0.6 is 11.6 Å². The van der Waals surface area contributed by atoms with Crippen molar-refractivity contribution in [3.05, 3.63) is 65.2 Å². The van der Waals surface area contributed by atoms with Crippen molar-refractivity contribution in [1.29, 1.82) is 0 Å². The summed E-state index contributed by atoms with van der Waals surface area (Å²) in [7, 11) is -3.59. The van der Waals surface area contributed by atoms with Crippen LogP contribution in [0.1, 0.15) is 12.5 Å². The number of hydrogen-bond donors (Lipinski definition) is 1. The van der Waals surface area contributed by atoms with Gasteiger partial charge in [-0.2, -0.15) is 0 Å². The first-order valence-corrected chi connectivity index (χ1v) is 10.1. The van der Waals surface area contributed by atoms with Crippen molar-refractivity contribution in [3.8, 4) is 0 Å². The number of nitrogens with one attached hydrogen (secondary N) is 1. The number of para-hydroxylation sites is 1. The maximum absolute atomic E-state index is 12.4. The fourth-order valence-electron chi connectivity index (χ4n) is 2.51. The van der Waals surface area contributed by atoms with Gasteiger partial charge in [0.15, 0.2) is 0 Å². The highest BCUT2D eigenvalue weighted by Crippen LogP contribution is 2.20. The van der Waals surface area contributed by atoms with E-state index >= 15 is 0 Å². The third-order valence-electron chi connectivity index (χ3n) is 3.73. The normalized spacial score (nSPS) is 12.4. The van der Waals surface area contributed by atoms with Gasteiger partial charge < -0.3 is 5.32 Å². The maximum Gasteiger partial charge on any atom is 0.243 e. The van der Waals surface area contributed by atoms with Crippen LogP contribution in [0.5, 0.6) is 0 Å². The lowest BCUT2D eigenvalue weighted by molar-refractivity contribution is -0.121. The molecule has 1 atom stereocenters. The predicted octanol–water partition coefficient (Wildman–Crippen LogP) is 2.85. The van der Waals surface area contributed by atoms with Crippen LogP contribution in [0.15, 0.2) is 54.6 Å². The predicted molar refractivity (Wildman–Crippen MR) is 101 cm³/mol. The molecule has 0 saturated carbocycles. The molecule has 0 saturated heterocycles. The molecule has 0 spiro atoms. The molecular formula is C18H21ClN2O3S. The molecular weight excluding hydrogens is 360 g/mol. The number of hydrogen-bond acceptors (Lipinski definition) is 3. The van der Waals surface area contributed by atoms with Gasteiger partial charge in [-0.05, 0) is 43.2 Å². The molecule has 7 heteroatoms. The molecule has 5 nitrogen and oxygen atoms in total. The monoisotopic (exact) mass is 380 g/mol. The smallest absolute Gasteiger partial charge is 0.243 e. The number of benzene rings is 2. The first-order chi connectivity index (χ1) is 11.8. The molecule has 0 fully saturated rings. The van der Waals surface area contributed by atoms with E-state index in [2.05, 4.69) is 5.32 Å². The Morgan fingerprint density at radius 3 is 2.28 bits per heavy atom. The lowest BCUT2D eigenvalue weighted by atomic mass is 10.1. The van der Waals surface area contributed by atoms with Gasteiger partial charge in [-0.1, -0.05) is 41.9 Å². The highest BCUT2D eigenvalue weighted by Gasteiger charge is 2.28. The van der Waals surface area contributed by atoms with Crippen molar-refractivity contribution in [2.24, 2.45) is 0 Å². The van der Waals surface area contributed by atoms with Gasteiger partial charge in [0.25, 0.3) is 0 Å². The summed E-state index contributed by atoms with van der Waals surface area (Å²) in [4.78, 5) is 12.4. The van der Waals surface area contributed by atoms with Crippen LogP contribution in [0.25, 0.3) is 0 Å². The molecule has 1 N–H and O–H groups in total. The Morgan fingerprint density at radius 1 is 1.12 bits per heavy atom. The zero-order chi connectivity index (χ0) is 18.4. The van der Waals surface area contributed by atoms with E-state index in [-0.39, 0.29) is 5.91 Å². The number of carbonyl (C=O) groups excluding carboxylic acids is 1. The minimum absolute atomic E-state index is 0.344. The molecule has 0 bridgehead atoms. The van der Waals surface area contributed by atoms with Gasteiger partial charge in [0.1, 0.15) is 6.04 Å². The first-order valence-electron chi connectivity index (χ1n) is 7.85. The third-order valence-corrected chi connectivity index (χ3v) is 5.22. The summed E-state index contributed by atoms with van der Waals surface area (Å²) in [5.74, 6) is -0.344. The lowest BCUT2D eigenvalue weighted by Gasteiger charge is -2.28. The molecule has 0 radical (unpaired) electrons. The maximum atomic E-state index is 12.4. The van der Waals surface area contributed by atoms with Gasteiger partial charge >= 0.3 is 0 Å². The largest absolute Gasteiger partial charge is 0.354 e. The van der Waals surface area contributed by atoms with E-state index in [4.69, 9.17) is 11.6 Å². The van der Waals surface area contributed by atoms with Crippen LogP contribution in [0.4, 0.5) is 5.69 Å². The zero-order valence-electron chi connectivity index (χ0n) is 14.1. The van der Waals surface area contributed by atoms with Crippen LogP contribution in [-0.4, -0.2) is 33.2 Å². The summed E-state index contributed by atoms with van der Waals surface area (Å²) in [6, 6.07) is 15.1. The van der Waals surface area contributed by atoms with Crippen molar-refractivity contribution in [2.75, 3.05) is 17.1 Å². The zero-order valence-corrected chi connectivity index (χ0v) is 15.7. The van der Waals surface area contributed by atoms with Crippen LogP contribution < -0.4 is 9.62 Å². The van der Waals surface area contributed by atoms with Gasteiger partial charge in [-0.25, -0.2) is 8.42 Å². The Hall–Kier alpha value is -2.05. The lowest BCUT2D eigenvalue weighted by Crippen LogP contribution is -2.48. The van der Waals surface area contributed by atoms with Gasteiger partial charge in [0, 0.05) is 11.6 Å². The van der Waals surface area contributed by atoms with Crippen molar-refractivity contribution in [2.45, 2.75) is 19.4 Å². The summed E-state index contributed by atoms with van der Waals surface area (Å²) >= 11 is 5.84. The Balaban J connectivity index is 2.02. The standard InChI is InChI=1S/C18H21ClN2O3S/c1-14(21(25(2,23)24)17-6-4-3-5-7-17)18(22)20-13-12-15-8-10-16(19)11-9-15/h3-11,14H,12-13H2,1-2H3,(H,20,22)/t14-/m0/s1.